The second-order valence-electron chi connectivity index (χ2n) is 4.14. The lowest BCUT2D eigenvalue weighted by Gasteiger charge is -2.09. The normalized spacial score (nSPS) is 10.2. The highest BCUT2D eigenvalue weighted by atomic mass is 35.5. The maximum Gasteiger partial charge on any atom is 0.258 e. The lowest BCUT2D eigenvalue weighted by molar-refractivity contribution is 0.102. The average molecular weight is 327 g/mol. The van der Waals surface area contributed by atoms with Crippen molar-refractivity contribution in [3.63, 3.8) is 0 Å². The number of thiocarbonyl (C=S) groups is 1. The van der Waals surface area contributed by atoms with Crippen LogP contribution in [-0.2, 0) is 0 Å². The van der Waals surface area contributed by atoms with E-state index in [1.54, 1.807) is 6.07 Å². The number of amides is 1. The summed E-state index contributed by atoms with van der Waals surface area (Å²) in [6, 6.07) is 7.14. The predicted octanol–water partition coefficient (Wildman–Crippen LogP) is 3.50. The molecule has 0 aromatic heterocycles. The van der Waals surface area contributed by atoms with Crippen LogP contribution in [0.15, 0.2) is 36.4 Å². The monoisotopic (exact) mass is 326 g/mol. The number of carbonyl (C=O) groups is 1. The quantitative estimate of drug-likeness (QED) is 0.849. The van der Waals surface area contributed by atoms with Gasteiger partial charge >= 0.3 is 0 Å². The van der Waals surface area contributed by atoms with Crippen LogP contribution in [-0.4, -0.2) is 10.9 Å². The number of hydrogen-bond acceptors (Lipinski definition) is 2. The zero-order valence-corrected chi connectivity index (χ0v) is 12.1. The molecule has 0 aliphatic heterocycles. The Morgan fingerprint density at radius 3 is 2.57 bits per heavy atom. The highest BCUT2D eigenvalue weighted by Gasteiger charge is 2.15. The van der Waals surface area contributed by atoms with Crippen molar-refractivity contribution in [1.82, 2.24) is 0 Å². The van der Waals surface area contributed by atoms with Gasteiger partial charge in [-0.2, -0.15) is 0 Å². The Kier molecular flexibility index (Phi) is 4.50. The first-order valence-electron chi connectivity index (χ1n) is 5.74. The van der Waals surface area contributed by atoms with Crippen LogP contribution in [0, 0.1) is 11.6 Å². The van der Waals surface area contributed by atoms with Crippen LogP contribution in [0.2, 0.25) is 5.02 Å². The van der Waals surface area contributed by atoms with E-state index in [1.165, 1.54) is 12.1 Å². The molecule has 0 saturated carbocycles. The first kappa shape index (κ1) is 15.3. The lowest BCUT2D eigenvalue weighted by atomic mass is 10.1. The fourth-order valence-corrected chi connectivity index (χ4v) is 1.93. The molecular weight excluding hydrogens is 318 g/mol. The van der Waals surface area contributed by atoms with E-state index in [0.29, 0.717) is 5.56 Å². The zero-order chi connectivity index (χ0) is 15.6. The van der Waals surface area contributed by atoms with E-state index in [4.69, 9.17) is 29.6 Å². The van der Waals surface area contributed by atoms with Gasteiger partial charge in [0.05, 0.1) is 16.3 Å². The maximum atomic E-state index is 13.5. The van der Waals surface area contributed by atoms with Crippen LogP contribution >= 0.6 is 23.8 Å². The Balaban J connectivity index is 2.33. The van der Waals surface area contributed by atoms with Gasteiger partial charge in [0, 0.05) is 5.56 Å². The summed E-state index contributed by atoms with van der Waals surface area (Å²) in [5.41, 5.74) is 5.75. The van der Waals surface area contributed by atoms with Crippen LogP contribution in [0.3, 0.4) is 0 Å². The Morgan fingerprint density at radius 1 is 1.19 bits per heavy atom. The van der Waals surface area contributed by atoms with Crippen LogP contribution in [0.4, 0.5) is 14.5 Å². The molecule has 7 heteroatoms. The minimum Gasteiger partial charge on any atom is -0.389 e. The molecule has 0 atom stereocenters. The summed E-state index contributed by atoms with van der Waals surface area (Å²) in [5.74, 6) is -2.38. The summed E-state index contributed by atoms with van der Waals surface area (Å²) >= 11 is 10.8. The van der Waals surface area contributed by atoms with Crippen LogP contribution in [0.5, 0.6) is 0 Å². The highest BCUT2D eigenvalue weighted by molar-refractivity contribution is 7.80. The molecule has 0 unspecified atom stereocenters. The molecule has 2 rings (SSSR count). The van der Waals surface area contributed by atoms with Gasteiger partial charge in [0.25, 0.3) is 5.91 Å². The fourth-order valence-electron chi connectivity index (χ4n) is 1.64. The number of hydrogen-bond donors (Lipinski definition) is 2. The Morgan fingerprint density at radius 2 is 1.90 bits per heavy atom. The molecule has 2 aromatic carbocycles. The number of nitrogens with two attached hydrogens (primary N) is 1. The van der Waals surface area contributed by atoms with Gasteiger partial charge in [-0.15, -0.1) is 0 Å². The molecule has 0 spiro atoms. The van der Waals surface area contributed by atoms with Crippen LogP contribution in [0.25, 0.3) is 0 Å². The van der Waals surface area contributed by atoms with Crippen molar-refractivity contribution in [3.05, 3.63) is 64.2 Å². The number of benzene rings is 2. The summed E-state index contributed by atoms with van der Waals surface area (Å²) in [7, 11) is 0. The van der Waals surface area contributed by atoms with Crippen molar-refractivity contribution < 1.29 is 13.6 Å². The maximum absolute atomic E-state index is 13.5. The molecule has 0 heterocycles. The number of rotatable bonds is 3. The molecule has 108 valence electrons. The van der Waals surface area contributed by atoms with Crippen molar-refractivity contribution in [2.75, 3.05) is 5.32 Å². The second kappa shape index (κ2) is 6.15. The van der Waals surface area contributed by atoms with Crippen LogP contribution < -0.4 is 11.1 Å². The predicted molar refractivity (Wildman–Crippen MR) is 81.7 cm³/mol. The minimum absolute atomic E-state index is 0.124. The molecule has 3 N–H and O–H groups in total. The average Bonchev–Trinajstić information content (AvgIpc) is 2.43. The molecule has 0 aliphatic rings. The highest BCUT2D eigenvalue weighted by Crippen LogP contribution is 2.24. The number of carbonyl (C=O) groups excluding carboxylic acids is 1. The number of halogens is 3. The molecule has 0 bridgehead atoms. The third-order valence-corrected chi connectivity index (χ3v) is 3.24. The molecule has 1 amide bonds. The van der Waals surface area contributed by atoms with Gasteiger partial charge in [0.1, 0.15) is 16.6 Å². The van der Waals surface area contributed by atoms with Gasteiger partial charge in [-0.1, -0.05) is 29.9 Å². The van der Waals surface area contributed by atoms with E-state index >= 15 is 0 Å². The molecular formula is C14H9ClF2N2OS. The second-order valence-corrected chi connectivity index (χ2v) is 4.98. The molecule has 3 nitrogen and oxygen atoms in total. The Bertz CT molecular complexity index is 737. The van der Waals surface area contributed by atoms with Gasteiger partial charge in [-0.3, -0.25) is 4.79 Å². The zero-order valence-electron chi connectivity index (χ0n) is 10.5. The van der Waals surface area contributed by atoms with Crippen molar-refractivity contribution in [1.29, 1.82) is 0 Å². The number of nitrogens with one attached hydrogen (secondary N) is 1. The number of anilines is 1. The molecule has 21 heavy (non-hydrogen) atoms. The van der Waals surface area contributed by atoms with Gasteiger partial charge in [-0.05, 0) is 30.3 Å². The summed E-state index contributed by atoms with van der Waals surface area (Å²) in [6.45, 7) is 0. The SMILES string of the molecule is NC(=S)c1ccc(Cl)c(NC(=O)c2cc(F)ccc2F)c1. The summed E-state index contributed by atoms with van der Waals surface area (Å²) in [6.07, 6.45) is 0. The van der Waals surface area contributed by atoms with Crippen molar-refractivity contribution in [2.45, 2.75) is 0 Å². The Labute approximate surface area is 129 Å². The lowest BCUT2D eigenvalue weighted by Crippen LogP contribution is -2.16. The topological polar surface area (TPSA) is 55.1 Å². The first-order valence-corrected chi connectivity index (χ1v) is 6.53. The van der Waals surface area contributed by atoms with Crippen molar-refractivity contribution in [2.24, 2.45) is 5.73 Å². The summed E-state index contributed by atoms with van der Waals surface area (Å²) in [4.78, 5) is 12.1. The van der Waals surface area contributed by atoms with E-state index in [0.717, 1.165) is 18.2 Å². The third-order valence-electron chi connectivity index (χ3n) is 2.67. The van der Waals surface area contributed by atoms with Crippen molar-refractivity contribution in [3.8, 4) is 0 Å². The van der Waals surface area contributed by atoms with E-state index in [9.17, 15) is 13.6 Å². The van der Waals surface area contributed by atoms with Gasteiger partial charge in [-0.25, -0.2) is 8.78 Å². The molecule has 0 radical (unpaired) electrons. The summed E-state index contributed by atoms with van der Waals surface area (Å²) < 4.78 is 26.6. The van der Waals surface area contributed by atoms with Gasteiger partial charge in [0.15, 0.2) is 0 Å². The molecule has 0 fully saturated rings. The molecule has 0 saturated heterocycles. The fraction of sp³-hybridized carbons (Fsp3) is 0. The largest absolute Gasteiger partial charge is 0.389 e. The summed E-state index contributed by atoms with van der Waals surface area (Å²) in [5, 5.41) is 2.62. The van der Waals surface area contributed by atoms with E-state index < -0.39 is 23.1 Å². The third kappa shape index (κ3) is 3.53. The van der Waals surface area contributed by atoms with E-state index in [-0.39, 0.29) is 15.7 Å². The van der Waals surface area contributed by atoms with E-state index in [2.05, 4.69) is 5.32 Å². The molecule has 2 aromatic rings. The van der Waals surface area contributed by atoms with E-state index in [1.807, 2.05) is 0 Å². The van der Waals surface area contributed by atoms with Crippen molar-refractivity contribution >= 4 is 40.4 Å². The first-order chi connectivity index (χ1) is 9.88. The Hall–Kier alpha value is -2.05. The standard InChI is InChI=1S/C14H9ClF2N2OS/c15-10-3-1-7(13(18)21)5-12(10)19-14(20)9-6-8(16)2-4-11(9)17/h1-6H,(H2,18,21)(H,19,20). The minimum atomic E-state index is -0.837. The molecule has 0 aliphatic carbocycles. The smallest absolute Gasteiger partial charge is 0.258 e. The van der Waals surface area contributed by atoms with Crippen LogP contribution in [0.1, 0.15) is 15.9 Å². The van der Waals surface area contributed by atoms with Gasteiger partial charge in [0.2, 0.25) is 0 Å². The van der Waals surface area contributed by atoms with Gasteiger partial charge < -0.3 is 11.1 Å².